The number of pyridine rings is 1. The van der Waals surface area contributed by atoms with Crippen LogP contribution in [-0.2, 0) is 0 Å². The van der Waals surface area contributed by atoms with Crippen molar-refractivity contribution in [3.05, 3.63) is 71.9 Å². The SMILES string of the molecule is Cc1cc(-c2cccc(OC(F)(F)F)c2)ccc1Nc1ncccc1C(=O)O. The Morgan fingerprint density at radius 3 is 2.50 bits per heavy atom. The van der Waals surface area contributed by atoms with Crippen molar-refractivity contribution in [3.63, 3.8) is 0 Å². The monoisotopic (exact) mass is 388 g/mol. The first-order valence-electron chi connectivity index (χ1n) is 8.15. The summed E-state index contributed by atoms with van der Waals surface area (Å²) in [6, 6.07) is 13.8. The number of aromatic nitrogens is 1. The number of aromatic carboxylic acids is 1. The molecule has 1 aromatic heterocycles. The third kappa shape index (κ3) is 4.59. The molecular weight excluding hydrogens is 373 g/mol. The Morgan fingerprint density at radius 2 is 1.82 bits per heavy atom. The van der Waals surface area contributed by atoms with Crippen LogP contribution in [-0.4, -0.2) is 22.4 Å². The zero-order valence-electron chi connectivity index (χ0n) is 14.6. The van der Waals surface area contributed by atoms with Crippen LogP contribution < -0.4 is 10.1 Å². The van der Waals surface area contributed by atoms with Crippen molar-refractivity contribution in [3.8, 4) is 16.9 Å². The van der Waals surface area contributed by atoms with Gasteiger partial charge >= 0.3 is 12.3 Å². The largest absolute Gasteiger partial charge is 0.573 e. The second-order valence-electron chi connectivity index (χ2n) is 5.94. The lowest BCUT2D eigenvalue weighted by atomic mass is 10.0. The number of ether oxygens (including phenoxy) is 1. The van der Waals surface area contributed by atoms with Gasteiger partial charge in [-0.05, 0) is 60.0 Å². The fraction of sp³-hybridized carbons (Fsp3) is 0.100. The van der Waals surface area contributed by atoms with E-state index in [9.17, 15) is 23.1 Å². The number of rotatable bonds is 5. The average Bonchev–Trinajstić information content (AvgIpc) is 2.62. The van der Waals surface area contributed by atoms with E-state index < -0.39 is 12.3 Å². The molecule has 0 aliphatic heterocycles. The lowest BCUT2D eigenvalue weighted by molar-refractivity contribution is -0.274. The molecule has 3 rings (SSSR count). The topological polar surface area (TPSA) is 71.5 Å². The van der Waals surface area contributed by atoms with Gasteiger partial charge in [-0.1, -0.05) is 18.2 Å². The van der Waals surface area contributed by atoms with E-state index in [0.29, 0.717) is 16.8 Å². The summed E-state index contributed by atoms with van der Waals surface area (Å²) in [4.78, 5) is 15.3. The van der Waals surface area contributed by atoms with Crippen LogP contribution in [0, 0.1) is 6.92 Å². The molecule has 0 fully saturated rings. The van der Waals surface area contributed by atoms with Crippen LogP contribution in [0.5, 0.6) is 5.75 Å². The van der Waals surface area contributed by atoms with E-state index in [4.69, 9.17) is 0 Å². The molecular formula is C20H15F3N2O3. The number of hydrogen-bond donors (Lipinski definition) is 2. The highest BCUT2D eigenvalue weighted by Gasteiger charge is 2.31. The van der Waals surface area contributed by atoms with Crippen LogP contribution in [0.3, 0.4) is 0 Å². The number of carbonyl (C=O) groups is 1. The van der Waals surface area contributed by atoms with Crippen molar-refractivity contribution in [2.24, 2.45) is 0 Å². The number of nitrogens with zero attached hydrogens (tertiary/aromatic N) is 1. The highest BCUT2D eigenvalue weighted by atomic mass is 19.4. The van der Waals surface area contributed by atoms with Gasteiger partial charge in [0.25, 0.3) is 0 Å². The average molecular weight is 388 g/mol. The van der Waals surface area contributed by atoms with Crippen molar-refractivity contribution in [1.29, 1.82) is 0 Å². The summed E-state index contributed by atoms with van der Waals surface area (Å²) in [6.45, 7) is 1.80. The summed E-state index contributed by atoms with van der Waals surface area (Å²) < 4.78 is 41.2. The predicted molar refractivity (Wildman–Crippen MR) is 97.8 cm³/mol. The lowest BCUT2D eigenvalue weighted by Crippen LogP contribution is -2.17. The molecule has 0 aliphatic rings. The zero-order chi connectivity index (χ0) is 20.3. The fourth-order valence-corrected chi connectivity index (χ4v) is 2.66. The smallest absolute Gasteiger partial charge is 0.478 e. The van der Waals surface area contributed by atoms with E-state index in [-0.39, 0.29) is 17.1 Å². The zero-order valence-corrected chi connectivity index (χ0v) is 14.6. The molecule has 0 saturated carbocycles. The molecule has 1 heterocycles. The number of carboxylic acids is 1. The van der Waals surface area contributed by atoms with Gasteiger partial charge in [-0.2, -0.15) is 0 Å². The van der Waals surface area contributed by atoms with Gasteiger partial charge in [0.2, 0.25) is 0 Å². The number of nitrogens with one attached hydrogen (secondary N) is 1. The maximum Gasteiger partial charge on any atom is 0.573 e. The van der Waals surface area contributed by atoms with Crippen molar-refractivity contribution in [2.45, 2.75) is 13.3 Å². The lowest BCUT2D eigenvalue weighted by Gasteiger charge is -2.13. The Balaban J connectivity index is 1.88. The highest BCUT2D eigenvalue weighted by molar-refractivity contribution is 5.94. The summed E-state index contributed by atoms with van der Waals surface area (Å²) in [5.74, 6) is -1.21. The Morgan fingerprint density at radius 1 is 1.07 bits per heavy atom. The van der Waals surface area contributed by atoms with E-state index >= 15 is 0 Å². The summed E-state index contributed by atoms with van der Waals surface area (Å²) in [5.41, 5.74) is 2.67. The molecule has 0 aliphatic carbocycles. The van der Waals surface area contributed by atoms with Crippen molar-refractivity contribution in [2.75, 3.05) is 5.32 Å². The van der Waals surface area contributed by atoms with E-state index in [1.54, 1.807) is 31.2 Å². The van der Waals surface area contributed by atoms with Gasteiger partial charge in [0.1, 0.15) is 17.1 Å². The van der Waals surface area contributed by atoms with E-state index in [1.807, 2.05) is 0 Å². The molecule has 0 spiro atoms. The van der Waals surface area contributed by atoms with Crippen LogP contribution in [0.1, 0.15) is 15.9 Å². The predicted octanol–water partition coefficient (Wildman–Crippen LogP) is 5.40. The van der Waals surface area contributed by atoms with Gasteiger partial charge in [0.05, 0.1) is 0 Å². The molecule has 0 unspecified atom stereocenters. The first kappa shape index (κ1) is 19.2. The van der Waals surface area contributed by atoms with Crippen LogP contribution >= 0.6 is 0 Å². The minimum atomic E-state index is -4.76. The maximum absolute atomic E-state index is 12.4. The summed E-state index contributed by atoms with van der Waals surface area (Å²) in [6.07, 6.45) is -3.28. The normalized spacial score (nSPS) is 11.1. The minimum Gasteiger partial charge on any atom is -0.478 e. The molecule has 0 atom stereocenters. The first-order valence-corrected chi connectivity index (χ1v) is 8.15. The molecule has 0 saturated heterocycles. The summed E-state index contributed by atoms with van der Waals surface area (Å²) in [5, 5.41) is 12.2. The summed E-state index contributed by atoms with van der Waals surface area (Å²) >= 11 is 0. The molecule has 3 aromatic rings. The Bertz CT molecular complexity index is 1020. The number of hydrogen-bond acceptors (Lipinski definition) is 4. The van der Waals surface area contributed by atoms with E-state index in [0.717, 1.165) is 5.56 Å². The Kier molecular flexibility index (Phi) is 5.21. The molecule has 5 nitrogen and oxygen atoms in total. The highest BCUT2D eigenvalue weighted by Crippen LogP contribution is 2.31. The first-order chi connectivity index (χ1) is 13.2. The molecule has 8 heteroatoms. The summed E-state index contributed by atoms with van der Waals surface area (Å²) in [7, 11) is 0. The molecule has 0 radical (unpaired) electrons. The van der Waals surface area contributed by atoms with Gasteiger partial charge in [0, 0.05) is 11.9 Å². The Hall–Kier alpha value is -3.55. The number of aryl methyl sites for hydroxylation is 1. The number of carboxylic acid groups (broad SMARTS) is 1. The van der Waals surface area contributed by atoms with Crippen LogP contribution in [0.15, 0.2) is 60.8 Å². The van der Waals surface area contributed by atoms with Gasteiger partial charge in [-0.15, -0.1) is 13.2 Å². The minimum absolute atomic E-state index is 0.0305. The van der Waals surface area contributed by atoms with E-state index in [2.05, 4.69) is 15.0 Å². The van der Waals surface area contributed by atoms with Crippen molar-refractivity contribution in [1.82, 2.24) is 4.98 Å². The third-order valence-corrected chi connectivity index (χ3v) is 3.92. The molecule has 2 N–H and O–H groups in total. The van der Waals surface area contributed by atoms with Gasteiger partial charge in [0.15, 0.2) is 0 Å². The standard InChI is InChI=1S/C20H15F3N2O3/c1-12-10-14(13-4-2-5-15(11-13)28-20(21,22)23)7-8-17(12)25-18-16(19(26)27)6-3-9-24-18/h2-11H,1H3,(H,24,25)(H,26,27). The molecule has 2 aromatic carbocycles. The maximum atomic E-state index is 12.4. The van der Waals surface area contributed by atoms with Gasteiger partial charge in [-0.25, -0.2) is 9.78 Å². The number of alkyl halides is 3. The van der Waals surface area contributed by atoms with Gasteiger partial charge in [-0.3, -0.25) is 0 Å². The van der Waals surface area contributed by atoms with Crippen LogP contribution in [0.25, 0.3) is 11.1 Å². The quantitative estimate of drug-likeness (QED) is 0.613. The van der Waals surface area contributed by atoms with Crippen molar-refractivity contribution < 1.29 is 27.8 Å². The van der Waals surface area contributed by atoms with E-state index in [1.165, 1.54) is 36.5 Å². The van der Waals surface area contributed by atoms with Crippen LogP contribution in [0.4, 0.5) is 24.7 Å². The van der Waals surface area contributed by atoms with Crippen LogP contribution in [0.2, 0.25) is 0 Å². The second kappa shape index (κ2) is 7.59. The number of anilines is 2. The number of halogens is 3. The van der Waals surface area contributed by atoms with Crippen molar-refractivity contribution >= 4 is 17.5 Å². The Labute approximate surface area is 158 Å². The number of benzene rings is 2. The fourth-order valence-electron chi connectivity index (χ4n) is 2.66. The molecule has 0 amide bonds. The third-order valence-electron chi connectivity index (χ3n) is 3.92. The van der Waals surface area contributed by atoms with Gasteiger partial charge < -0.3 is 15.2 Å². The molecule has 0 bridgehead atoms. The second-order valence-corrected chi connectivity index (χ2v) is 5.94. The molecule has 28 heavy (non-hydrogen) atoms. The molecule has 144 valence electrons.